The Morgan fingerprint density at radius 1 is 1.35 bits per heavy atom. The molecule has 0 spiro atoms. The molecule has 0 radical (unpaired) electrons. The summed E-state index contributed by atoms with van der Waals surface area (Å²) in [5.41, 5.74) is 0. The SMILES string of the molecule is CN(c1ncc(Cn2cc(Br)cn2)s1)C1CCCCC1. The van der Waals surface area contributed by atoms with Crippen molar-refractivity contribution in [2.45, 2.75) is 44.7 Å². The monoisotopic (exact) mass is 354 g/mol. The van der Waals surface area contributed by atoms with Gasteiger partial charge in [-0.3, -0.25) is 4.68 Å². The molecular weight excluding hydrogens is 336 g/mol. The lowest BCUT2D eigenvalue weighted by Gasteiger charge is -2.30. The van der Waals surface area contributed by atoms with Crippen molar-refractivity contribution in [3.05, 3.63) is 27.9 Å². The van der Waals surface area contributed by atoms with Crippen molar-refractivity contribution in [3.8, 4) is 0 Å². The highest BCUT2D eigenvalue weighted by molar-refractivity contribution is 9.10. The molecule has 0 amide bonds. The van der Waals surface area contributed by atoms with E-state index >= 15 is 0 Å². The van der Waals surface area contributed by atoms with E-state index in [2.05, 4.69) is 38.0 Å². The molecule has 1 aliphatic carbocycles. The van der Waals surface area contributed by atoms with Gasteiger partial charge in [0.1, 0.15) is 0 Å². The third-order valence-corrected chi connectivity index (χ3v) is 5.37. The van der Waals surface area contributed by atoms with Gasteiger partial charge >= 0.3 is 0 Å². The second-order valence-corrected chi connectivity index (χ2v) is 7.38. The molecule has 1 fully saturated rings. The second-order valence-electron chi connectivity index (χ2n) is 5.37. The zero-order valence-corrected chi connectivity index (χ0v) is 14.0. The van der Waals surface area contributed by atoms with E-state index < -0.39 is 0 Å². The number of rotatable bonds is 4. The average Bonchev–Trinajstić information content (AvgIpc) is 3.09. The summed E-state index contributed by atoms with van der Waals surface area (Å²) in [6, 6.07) is 0.668. The summed E-state index contributed by atoms with van der Waals surface area (Å²) in [5, 5.41) is 5.43. The first-order valence-corrected chi connectivity index (χ1v) is 8.69. The van der Waals surface area contributed by atoms with Crippen LogP contribution < -0.4 is 4.90 Å². The zero-order valence-electron chi connectivity index (χ0n) is 11.6. The molecule has 0 N–H and O–H groups in total. The van der Waals surface area contributed by atoms with Crippen LogP contribution in [0.1, 0.15) is 37.0 Å². The normalized spacial score (nSPS) is 16.5. The number of aromatic nitrogens is 3. The first kappa shape index (κ1) is 14.1. The highest BCUT2D eigenvalue weighted by Crippen LogP contribution is 2.29. The lowest BCUT2D eigenvalue weighted by molar-refractivity contribution is 0.427. The molecule has 3 rings (SSSR count). The lowest BCUT2D eigenvalue weighted by atomic mass is 9.95. The highest BCUT2D eigenvalue weighted by atomic mass is 79.9. The molecule has 0 aliphatic heterocycles. The zero-order chi connectivity index (χ0) is 13.9. The molecule has 20 heavy (non-hydrogen) atoms. The highest BCUT2D eigenvalue weighted by Gasteiger charge is 2.20. The molecule has 2 aromatic rings. The molecule has 0 aromatic carbocycles. The van der Waals surface area contributed by atoms with Crippen LogP contribution in [-0.2, 0) is 6.54 Å². The fourth-order valence-electron chi connectivity index (χ4n) is 2.74. The number of thiazole rings is 1. The Hall–Kier alpha value is -0.880. The Labute approximate surface area is 131 Å². The first-order valence-electron chi connectivity index (χ1n) is 7.08. The van der Waals surface area contributed by atoms with E-state index in [1.54, 1.807) is 11.3 Å². The standard InChI is InChI=1S/C14H19BrN4S/c1-18(12-5-3-2-4-6-12)14-16-8-13(20-14)10-19-9-11(15)7-17-19/h7-9,12H,2-6,10H2,1H3. The Bertz CT molecular complexity index is 559. The van der Waals surface area contributed by atoms with Gasteiger partial charge in [-0.15, -0.1) is 0 Å². The largest absolute Gasteiger partial charge is 0.348 e. The van der Waals surface area contributed by atoms with Gasteiger partial charge in [-0.1, -0.05) is 30.6 Å². The van der Waals surface area contributed by atoms with Crippen molar-refractivity contribution in [2.24, 2.45) is 0 Å². The minimum Gasteiger partial charge on any atom is -0.348 e. The Balaban J connectivity index is 1.66. The van der Waals surface area contributed by atoms with Gasteiger partial charge < -0.3 is 4.90 Å². The van der Waals surface area contributed by atoms with Crippen LogP contribution in [0.3, 0.4) is 0 Å². The van der Waals surface area contributed by atoms with Gasteiger partial charge in [0, 0.05) is 30.4 Å². The van der Waals surface area contributed by atoms with Crippen LogP contribution in [0, 0.1) is 0 Å². The predicted octanol–water partition coefficient (Wildman–Crippen LogP) is 3.92. The van der Waals surface area contributed by atoms with Crippen molar-refractivity contribution in [1.29, 1.82) is 0 Å². The Morgan fingerprint density at radius 3 is 2.85 bits per heavy atom. The van der Waals surface area contributed by atoms with E-state index in [0.29, 0.717) is 6.04 Å². The van der Waals surface area contributed by atoms with Crippen molar-refractivity contribution in [1.82, 2.24) is 14.8 Å². The summed E-state index contributed by atoms with van der Waals surface area (Å²) in [4.78, 5) is 8.20. The third-order valence-electron chi connectivity index (χ3n) is 3.89. The number of hydrogen-bond donors (Lipinski definition) is 0. The summed E-state index contributed by atoms with van der Waals surface area (Å²) in [5.74, 6) is 0. The van der Waals surface area contributed by atoms with E-state index in [0.717, 1.165) is 16.1 Å². The van der Waals surface area contributed by atoms with Crippen LogP contribution >= 0.6 is 27.3 Å². The van der Waals surface area contributed by atoms with Crippen molar-refractivity contribution in [2.75, 3.05) is 11.9 Å². The molecule has 0 unspecified atom stereocenters. The van der Waals surface area contributed by atoms with Gasteiger partial charge in [-0.25, -0.2) is 4.98 Å². The van der Waals surface area contributed by atoms with Crippen LogP contribution in [0.15, 0.2) is 23.1 Å². The minimum absolute atomic E-state index is 0.668. The summed E-state index contributed by atoms with van der Waals surface area (Å²) < 4.78 is 2.95. The van der Waals surface area contributed by atoms with Gasteiger partial charge in [-0.05, 0) is 28.8 Å². The van der Waals surface area contributed by atoms with Crippen molar-refractivity contribution in [3.63, 3.8) is 0 Å². The maximum absolute atomic E-state index is 4.59. The second kappa shape index (κ2) is 6.26. The summed E-state index contributed by atoms with van der Waals surface area (Å²) in [7, 11) is 2.18. The number of anilines is 1. The van der Waals surface area contributed by atoms with E-state index in [9.17, 15) is 0 Å². The van der Waals surface area contributed by atoms with Gasteiger partial charge in [0.15, 0.2) is 5.13 Å². The van der Waals surface area contributed by atoms with Crippen LogP contribution in [0.2, 0.25) is 0 Å². The van der Waals surface area contributed by atoms with Gasteiger partial charge in [0.2, 0.25) is 0 Å². The van der Waals surface area contributed by atoms with Gasteiger partial charge in [0.25, 0.3) is 0 Å². The van der Waals surface area contributed by atoms with Gasteiger partial charge in [-0.2, -0.15) is 5.10 Å². The molecule has 0 saturated heterocycles. The number of hydrogen-bond acceptors (Lipinski definition) is 4. The third kappa shape index (κ3) is 3.23. The molecular formula is C14H19BrN4S. The fourth-order valence-corrected chi connectivity index (χ4v) is 4.01. The van der Waals surface area contributed by atoms with Crippen molar-refractivity contribution >= 4 is 32.4 Å². The smallest absolute Gasteiger partial charge is 0.185 e. The molecule has 1 saturated carbocycles. The lowest BCUT2D eigenvalue weighted by Crippen LogP contribution is -2.33. The van der Waals surface area contributed by atoms with Crippen LogP contribution in [0.4, 0.5) is 5.13 Å². The quantitative estimate of drug-likeness (QED) is 0.834. The molecule has 2 aromatic heterocycles. The molecule has 2 heterocycles. The van der Waals surface area contributed by atoms with E-state index in [-0.39, 0.29) is 0 Å². The average molecular weight is 355 g/mol. The minimum atomic E-state index is 0.668. The maximum atomic E-state index is 4.59. The fraction of sp³-hybridized carbons (Fsp3) is 0.571. The molecule has 6 heteroatoms. The Morgan fingerprint density at radius 2 is 2.15 bits per heavy atom. The molecule has 108 valence electrons. The summed E-state index contributed by atoms with van der Waals surface area (Å²) >= 11 is 5.20. The first-order chi connectivity index (χ1) is 9.72. The van der Waals surface area contributed by atoms with Gasteiger partial charge in [0.05, 0.1) is 17.2 Å². The number of nitrogens with zero attached hydrogens (tertiary/aromatic N) is 4. The number of halogens is 1. The van der Waals surface area contributed by atoms with Crippen LogP contribution in [-0.4, -0.2) is 27.9 Å². The summed E-state index contributed by atoms with van der Waals surface area (Å²) in [6.07, 6.45) is 12.5. The topological polar surface area (TPSA) is 34.0 Å². The van der Waals surface area contributed by atoms with Crippen molar-refractivity contribution < 1.29 is 0 Å². The van der Waals surface area contributed by atoms with E-state index in [1.165, 1.54) is 37.0 Å². The van der Waals surface area contributed by atoms with E-state index in [1.807, 2.05) is 23.3 Å². The molecule has 0 atom stereocenters. The maximum Gasteiger partial charge on any atom is 0.185 e. The molecule has 0 bridgehead atoms. The predicted molar refractivity (Wildman–Crippen MR) is 86.4 cm³/mol. The molecule has 1 aliphatic rings. The van der Waals surface area contributed by atoms with Crippen LogP contribution in [0.5, 0.6) is 0 Å². The molecule has 4 nitrogen and oxygen atoms in total. The Kier molecular flexibility index (Phi) is 4.41. The van der Waals surface area contributed by atoms with Crippen LogP contribution in [0.25, 0.3) is 0 Å². The summed E-state index contributed by atoms with van der Waals surface area (Å²) in [6.45, 7) is 0.793. The van der Waals surface area contributed by atoms with E-state index in [4.69, 9.17) is 0 Å².